The molecule has 0 saturated carbocycles. The second-order valence-corrected chi connectivity index (χ2v) is 4.97. The Balaban J connectivity index is 1.93. The van der Waals surface area contributed by atoms with Gasteiger partial charge in [-0.2, -0.15) is 4.79 Å². The standard InChI is InChI=1S/C16H9N3O3/c20-11-7-5-10(6-8-11)18-15(21)14-9-17-12-3-1-2-4-13(12)19(14)16(18)22/h1-9H/p+2. The number of para-hydroxylation sites is 2. The summed E-state index contributed by atoms with van der Waals surface area (Å²) >= 11 is 0. The number of aromatic hydroxyl groups is 1. The lowest BCUT2D eigenvalue weighted by Gasteiger charge is -2.03. The molecule has 1 aliphatic heterocycles. The average Bonchev–Trinajstić information content (AvgIpc) is 2.80. The molecule has 0 aliphatic carbocycles. The van der Waals surface area contributed by atoms with Gasteiger partial charge in [0.2, 0.25) is 11.7 Å². The van der Waals surface area contributed by atoms with Gasteiger partial charge in [0, 0.05) is 6.07 Å². The number of phenols is 1. The van der Waals surface area contributed by atoms with E-state index in [9.17, 15) is 14.7 Å². The number of benzene rings is 2. The van der Waals surface area contributed by atoms with E-state index in [2.05, 4.69) is 4.98 Å². The van der Waals surface area contributed by atoms with Crippen molar-refractivity contribution in [3.63, 3.8) is 0 Å². The second kappa shape index (κ2) is 4.36. The summed E-state index contributed by atoms with van der Waals surface area (Å²) in [4.78, 5) is 29.4. The highest BCUT2D eigenvalue weighted by atomic mass is 16.3. The number of carbonyl (C=O) groups excluding carboxylic acids is 2. The third-order valence-corrected chi connectivity index (χ3v) is 3.66. The van der Waals surface area contributed by atoms with Crippen LogP contribution in [0.15, 0.2) is 54.7 Å². The van der Waals surface area contributed by atoms with E-state index in [4.69, 9.17) is 0 Å². The average molecular weight is 293 g/mol. The third-order valence-electron chi connectivity index (χ3n) is 3.66. The molecule has 1 aromatic heterocycles. The molecule has 0 saturated heterocycles. The van der Waals surface area contributed by atoms with Crippen molar-refractivity contribution in [1.82, 2.24) is 0 Å². The topological polar surface area (TPSA) is 75.6 Å². The maximum absolute atomic E-state index is 12.7. The molecule has 0 atom stereocenters. The van der Waals surface area contributed by atoms with E-state index in [1.165, 1.54) is 35.0 Å². The van der Waals surface area contributed by atoms with E-state index in [1.54, 1.807) is 6.07 Å². The van der Waals surface area contributed by atoms with E-state index >= 15 is 0 Å². The van der Waals surface area contributed by atoms with Crippen LogP contribution in [0.5, 0.6) is 5.75 Å². The summed E-state index contributed by atoms with van der Waals surface area (Å²) in [6.07, 6.45) is 1.53. The highest BCUT2D eigenvalue weighted by Crippen LogP contribution is 2.23. The SMILES string of the molecule is O=C1c2c[nH+]c3ccccc3[n+]2C(=O)N1c1ccc(O)cc1. The maximum Gasteiger partial charge on any atom is 0.512 e. The van der Waals surface area contributed by atoms with E-state index < -0.39 is 11.9 Å². The van der Waals surface area contributed by atoms with Crippen LogP contribution in [0.1, 0.15) is 10.5 Å². The number of rotatable bonds is 1. The molecule has 4 rings (SSSR count). The Morgan fingerprint density at radius 1 is 1.00 bits per heavy atom. The Labute approximate surface area is 124 Å². The molecule has 6 nitrogen and oxygen atoms in total. The zero-order valence-electron chi connectivity index (χ0n) is 11.4. The monoisotopic (exact) mass is 293 g/mol. The van der Waals surface area contributed by atoms with Crippen molar-refractivity contribution < 1.29 is 24.2 Å². The lowest BCUT2D eigenvalue weighted by atomic mass is 10.2. The molecular formula is C16H11N3O3+2. The normalized spacial score (nSPS) is 13.7. The van der Waals surface area contributed by atoms with E-state index in [1.807, 2.05) is 18.2 Å². The van der Waals surface area contributed by atoms with Crippen LogP contribution in [0.3, 0.4) is 0 Å². The number of H-pyrrole nitrogens is 1. The van der Waals surface area contributed by atoms with Crippen LogP contribution < -0.4 is 14.5 Å². The number of fused-ring (bicyclic) bond motifs is 3. The van der Waals surface area contributed by atoms with Gasteiger partial charge in [-0.15, -0.1) is 9.47 Å². The molecule has 3 aromatic rings. The Hall–Kier alpha value is -3.28. The zero-order valence-corrected chi connectivity index (χ0v) is 11.4. The van der Waals surface area contributed by atoms with Gasteiger partial charge < -0.3 is 5.11 Å². The number of nitrogens with zero attached hydrogens (tertiary/aromatic N) is 2. The van der Waals surface area contributed by atoms with Gasteiger partial charge in [0.25, 0.3) is 11.2 Å². The number of aromatic nitrogens is 2. The van der Waals surface area contributed by atoms with Gasteiger partial charge in [-0.1, -0.05) is 12.1 Å². The summed E-state index contributed by atoms with van der Waals surface area (Å²) < 4.78 is 1.39. The Morgan fingerprint density at radius 3 is 2.50 bits per heavy atom. The highest BCUT2D eigenvalue weighted by Gasteiger charge is 2.49. The predicted molar refractivity (Wildman–Crippen MR) is 76.4 cm³/mol. The maximum atomic E-state index is 12.7. The van der Waals surface area contributed by atoms with Crippen LogP contribution in [0.25, 0.3) is 11.0 Å². The first kappa shape index (κ1) is 12.5. The zero-order chi connectivity index (χ0) is 15.3. The number of carbonyl (C=O) groups is 2. The van der Waals surface area contributed by atoms with Gasteiger partial charge in [-0.3, -0.25) is 0 Å². The summed E-state index contributed by atoms with van der Waals surface area (Å²) in [5, 5.41) is 9.35. The summed E-state index contributed by atoms with van der Waals surface area (Å²) in [5.74, 6) is -0.329. The van der Waals surface area contributed by atoms with E-state index in [0.717, 1.165) is 10.4 Å². The number of aromatic amines is 1. The molecule has 2 heterocycles. The van der Waals surface area contributed by atoms with Crippen LogP contribution in [0.2, 0.25) is 0 Å². The van der Waals surface area contributed by atoms with E-state index in [-0.39, 0.29) is 11.4 Å². The van der Waals surface area contributed by atoms with Crippen LogP contribution in [-0.2, 0) is 0 Å². The predicted octanol–water partition coefficient (Wildman–Crippen LogP) is 1.28. The molecule has 6 heteroatoms. The largest absolute Gasteiger partial charge is 0.512 e. The van der Waals surface area contributed by atoms with Gasteiger partial charge in [-0.05, 0) is 30.3 Å². The van der Waals surface area contributed by atoms with Gasteiger partial charge in [0.15, 0.2) is 0 Å². The van der Waals surface area contributed by atoms with Crippen LogP contribution in [0, 0.1) is 0 Å². The third kappa shape index (κ3) is 1.61. The fraction of sp³-hybridized carbons (Fsp3) is 0. The number of hydrogen-bond acceptors (Lipinski definition) is 3. The minimum absolute atomic E-state index is 0.0757. The summed E-state index contributed by atoms with van der Waals surface area (Å²) in [7, 11) is 0. The molecular weight excluding hydrogens is 282 g/mol. The van der Waals surface area contributed by atoms with Crippen molar-refractivity contribution in [2.24, 2.45) is 0 Å². The quantitative estimate of drug-likeness (QED) is 0.687. The Morgan fingerprint density at radius 2 is 1.73 bits per heavy atom. The number of amides is 2. The molecule has 0 bridgehead atoms. The van der Waals surface area contributed by atoms with Crippen LogP contribution >= 0.6 is 0 Å². The number of nitrogens with one attached hydrogen (secondary N) is 1. The van der Waals surface area contributed by atoms with Crippen molar-refractivity contribution >= 4 is 28.7 Å². The van der Waals surface area contributed by atoms with Crippen molar-refractivity contribution in [2.45, 2.75) is 0 Å². The Kier molecular flexibility index (Phi) is 2.47. The number of hydrogen-bond donors (Lipinski definition) is 1. The first-order valence-electron chi connectivity index (χ1n) is 6.70. The van der Waals surface area contributed by atoms with Gasteiger partial charge in [0.1, 0.15) is 11.4 Å². The molecule has 2 amide bonds. The lowest BCUT2D eigenvalue weighted by molar-refractivity contribution is -0.551. The van der Waals surface area contributed by atoms with Gasteiger partial charge >= 0.3 is 11.9 Å². The highest BCUT2D eigenvalue weighted by molar-refractivity contribution is 6.21. The molecule has 2 aromatic carbocycles. The number of phenolic OH excluding ortho intramolecular Hbond substituents is 1. The fourth-order valence-electron chi connectivity index (χ4n) is 2.63. The molecule has 0 fully saturated rings. The molecule has 1 aliphatic rings. The minimum atomic E-state index is -0.434. The molecule has 0 radical (unpaired) electrons. The lowest BCUT2D eigenvalue weighted by Crippen LogP contribution is -2.47. The van der Waals surface area contributed by atoms with Crippen molar-refractivity contribution in [3.05, 3.63) is 60.4 Å². The molecule has 2 N–H and O–H groups in total. The van der Waals surface area contributed by atoms with Crippen molar-refractivity contribution in [3.8, 4) is 5.75 Å². The van der Waals surface area contributed by atoms with Gasteiger partial charge in [-0.25, -0.2) is 9.78 Å². The number of imide groups is 1. The molecule has 106 valence electrons. The molecule has 0 spiro atoms. The summed E-state index contributed by atoms with van der Waals surface area (Å²) in [6.45, 7) is 0. The number of anilines is 1. The second-order valence-electron chi connectivity index (χ2n) is 4.97. The first-order valence-corrected chi connectivity index (χ1v) is 6.70. The fourth-order valence-corrected chi connectivity index (χ4v) is 2.63. The molecule has 22 heavy (non-hydrogen) atoms. The summed E-state index contributed by atoms with van der Waals surface area (Å²) in [6, 6.07) is 12.8. The summed E-state index contributed by atoms with van der Waals surface area (Å²) in [5.41, 5.74) is 2.09. The van der Waals surface area contributed by atoms with E-state index in [0.29, 0.717) is 11.2 Å². The van der Waals surface area contributed by atoms with Gasteiger partial charge in [0.05, 0.1) is 0 Å². The van der Waals surface area contributed by atoms with Crippen LogP contribution in [-0.4, -0.2) is 17.0 Å². The first-order chi connectivity index (χ1) is 10.7. The molecule has 0 unspecified atom stereocenters. The van der Waals surface area contributed by atoms with Crippen LogP contribution in [0.4, 0.5) is 10.5 Å². The smallest absolute Gasteiger partial charge is 0.508 e. The Bertz CT molecular complexity index is 935. The van der Waals surface area contributed by atoms with Crippen molar-refractivity contribution in [2.75, 3.05) is 4.90 Å². The minimum Gasteiger partial charge on any atom is -0.508 e. The van der Waals surface area contributed by atoms with Crippen molar-refractivity contribution in [1.29, 1.82) is 0 Å².